The molecular formula is C18H23N3O2S. The van der Waals surface area contributed by atoms with Crippen molar-refractivity contribution in [1.29, 1.82) is 0 Å². The van der Waals surface area contributed by atoms with Crippen LogP contribution in [-0.4, -0.2) is 34.3 Å². The van der Waals surface area contributed by atoms with E-state index < -0.39 is 0 Å². The molecule has 1 aliphatic rings. The molecular weight excluding hydrogens is 322 g/mol. The van der Waals surface area contributed by atoms with Crippen LogP contribution in [0.25, 0.3) is 0 Å². The molecule has 0 bridgehead atoms. The van der Waals surface area contributed by atoms with Crippen LogP contribution in [0, 0.1) is 0 Å². The Kier molecular flexibility index (Phi) is 5.58. The molecule has 2 heterocycles. The van der Waals surface area contributed by atoms with Crippen molar-refractivity contribution < 1.29 is 4.74 Å². The van der Waals surface area contributed by atoms with E-state index in [-0.39, 0.29) is 5.56 Å². The van der Waals surface area contributed by atoms with Gasteiger partial charge in [-0.15, -0.1) is 0 Å². The van der Waals surface area contributed by atoms with Crippen LogP contribution >= 0.6 is 11.8 Å². The number of benzene rings is 1. The minimum atomic E-state index is -0.00244. The highest BCUT2D eigenvalue weighted by molar-refractivity contribution is 7.98. The lowest BCUT2D eigenvalue weighted by Gasteiger charge is -2.27. The van der Waals surface area contributed by atoms with Crippen molar-refractivity contribution in [3.05, 3.63) is 51.4 Å². The van der Waals surface area contributed by atoms with Crippen LogP contribution in [0.2, 0.25) is 0 Å². The standard InChI is InChI=1S/C18H23N3O2S/c1-3-10-23-14-6-4-13(5-7-14)11-21-9-8-16-15(12-21)17(22)20-18(19-16)24-2/h4-7H,3,8-12H2,1-2H3,(H,19,20,22). The summed E-state index contributed by atoms with van der Waals surface area (Å²) in [6.07, 6.45) is 3.76. The molecule has 24 heavy (non-hydrogen) atoms. The van der Waals surface area contributed by atoms with Crippen LogP contribution in [0.1, 0.15) is 30.2 Å². The predicted molar refractivity (Wildman–Crippen MR) is 96.7 cm³/mol. The highest BCUT2D eigenvalue weighted by Crippen LogP contribution is 2.19. The summed E-state index contributed by atoms with van der Waals surface area (Å²) in [6, 6.07) is 8.23. The summed E-state index contributed by atoms with van der Waals surface area (Å²) >= 11 is 1.47. The SMILES string of the molecule is CCCOc1ccc(CN2CCc3nc(SC)[nH]c(=O)c3C2)cc1. The fourth-order valence-electron chi connectivity index (χ4n) is 2.86. The second-order valence-corrected chi connectivity index (χ2v) is 6.75. The number of rotatable bonds is 6. The quantitative estimate of drug-likeness (QED) is 0.644. The zero-order valence-electron chi connectivity index (χ0n) is 14.2. The van der Waals surface area contributed by atoms with Gasteiger partial charge in [0, 0.05) is 26.1 Å². The van der Waals surface area contributed by atoms with Crippen LogP contribution < -0.4 is 10.3 Å². The van der Waals surface area contributed by atoms with E-state index in [1.807, 2.05) is 18.4 Å². The van der Waals surface area contributed by atoms with Gasteiger partial charge < -0.3 is 9.72 Å². The number of nitrogens with one attached hydrogen (secondary N) is 1. The Bertz CT molecular complexity index is 743. The number of fused-ring (bicyclic) bond motifs is 1. The topological polar surface area (TPSA) is 58.2 Å². The molecule has 1 aliphatic heterocycles. The third kappa shape index (κ3) is 3.99. The molecule has 0 amide bonds. The van der Waals surface area contributed by atoms with E-state index in [9.17, 15) is 4.79 Å². The number of hydrogen-bond donors (Lipinski definition) is 1. The van der Waals surface area contributed by atoms with Gasteiger partial charge in [-0.3, -0.25) is 9.69 Å². The van der Waals surface area contributed by atoms with Crippen molar-refractivity contribution in [2.75, 3.05) is 19.4 Å². The minimum absolute atomic E-state index is 0.00244. The largest absolute Gasteiger partial charge is 0.494 e. The fourth-order valence-corrected chi connectivity index (χ4v) is 3.26. The number of aromatic nitrogens is 2. The average molecular weight is 345 g/mol. The van der Waals surface area contributed by atoms with Gasteiger partial charge in [-0.2, -0.15) is 0 Å². The summed E-state index contributed by atoms with van der Waals surface area (Å²) in [7, 11) is 0. The maximum absolute atomic E-state index is 12.2. The lowest BCUT2D eigenvalue weighted by Crippen LogP contribution is -2.35. The minimum Gasteiger partial charge on any atom is -0.494 e. The normalized spacial score (nSPS) is 14.4. The van der Waals surface area contributed by atoms with Crippen LogP contribution in [0.3, 0.4) is 0 Å². The average Bonchev–Trinajstić information content (AvgIpc) is 2.61. The van der Waals surface area contributed by atoms with E-state index in [2.05, 4.69) is 33.9 Å². The molecule has 0 saturated heterocycles. The van der Waals surface area contributed by atoms with Gasteiger partial charge in [0.05, 0.1) is 17.9 Å². The Balaban J connectivity index is 1.66. The Labute approximate surface area is 146 Å². The molecule has 0 spiro atoms. The predicted octanol–water partition coefficient (Wildman–Crippen LogP) is 2.84. The van der Waals surface area contributed by atoms with Crippen LogP contribution in [0.4, 0.5) is 0 Å². The van der Waals surface area contributed by atoms with E-state index in [1.165, 1.54) is 17.3 Å². The van der Waals surface area contributed by atoms with Gasteiger partial charge in [0.1, 0.15) is 5.75 Å². The van der Waals surface area contributed by atoms with E-state index in [1.54, 1.807) is 0 Å². The molecule has 0 saturated carbocycles. The molecule has 0 atom stereocenters. The summed E-state index contributed by atoms with van der Waals surface area (Å²) in [5.41, 5.74) is 2.98. The number of thioether (sulfide) groups is 1. The van der Waals surface area contributed by atoms with Crippen molar-refractivity contribution in [3.63, 3.8) is 0 Å². The first-order valence-electron chi connectivity index (χ1n) is 8.29. The molecule has 5 nitrogen and oxygen atoms in total. The Morgan fingerprint density at radius 1 is 1.33 bits per heavy atom. The second-order valence-electron chi connectivity index (χ2n) is 5.95. The third-order valence-electron chi connectivity index (χ3n) is 4.12. The Morgan fingerprint density at radius 2 is 2.12 bits per heavy atom. The number of H-pyrrole nitrogens is 1. The van der Waals surface area contributed by atoms with Gasteiger partial charge >= 0.3 is 0 Å². The lowest BCUT2D eigenvalue weighted by molar-refractivity contribution is 0.240. The molecule has 1 aromatic heterocycles. The highest BCUT2D eigenvalue weighted by Gasteiger charge is 2.21. The van der Waals surface area contributed by atoms with Gasteiger partial charge in [0.25, 0.3) is 5.56 Å². The Morgan fingerprint density at radius 3 is 2.83 bits per heavy atom. The molecule has 0 unspecified atom stereocenters. The van der Waals surface area contributed by atoms with E-state index >= 15 is 0 Å². The van der Waals surface area contributed by atoms with Crippen molar-refractivity contribution >= 4 is 11.8 Å². The van der Waals surface area contributed by atoms with Gasteiger partial charge in [-0.25, -0.2) is 4.98 Å². The van der Waals surface area contributed by atoms with Gasteiger partial charge in [0.15, 0.2) is 5.16 Å². The van der Waals surface area contributed by atoms with Crippen LogP contribution in [0.5, 0.6) is 5.75 Å². The first kappa shape index (κ1) is 17.0. The number of hydrogen-bond acceptors (Lipinski definition) is 5. The summed E-state index contributed by atoms with van der Waals surface area (Å²) in [4.78, 5) is 21.9. The number of ether oxygens (including phenoxy) is 1. The monoisotopic (exact) mass is 345 g/mol. The first-order valence-corrected chi connectivity index (χ1v) is 9.52. The van der Waals surface area contributed by atoms with Gasteiger partial charge in [-0.05, 0) is 30.4 Å². The summed E-state index contributed by atoms with van der Waals surface area (Å²) in [5, 5.41) is 0.704. The van der Waals surface area contributed by atoms with Gasteiger partial charge in [0.2, 0.25) is 0 Å². The van der Waals surface area contributed by atoms with Crippen molar-refractivity contribution in [2.24, 2.45) is 0 Å². The van der Waals surface area contributed by atoms with E-state index in [0.717, 1.165) is 49.5 Å². The summed E-state index contributed by atoms with van der Waals surface area (Å²) < 4.78 is 5.61. The molecule has 0 radical (unpaired) electrons. The molecule has 1 aromatic carbocycles. The zero-order valence-corrected chi connectivity index (χ0v) is 15.0. The van der Waals surface area contributed by atoms with Crippen molar-refractivity contribution in [1.82, 2.24) is 14.9 Å². The van der Waals surface area contributed by atoms with Crippen molar-refractivity contribution in [2.45, 2.75) is 38.0 Å². The first-order chi connectivity index (χ1) is 11.7. The zero-order chi connectivity index (χ0) is 16.9. The maximum Gasteiger partial charge on any atom is 0.256 e. The molecule has 0 aliphatic carbocycles. The van der Waals surface area contributed by atoms with E-state index in [0.29, 0.717) is 11.7 Å². The molecule has 0 fully saturated rings. The highest BCUT2D eigenvalue weighted by atomic mass is 32.2. The molecule has 6 heteroatoms. The van der Waals surface area contributed by atoms with Gasteiger partial charge in [-0.1, -0.05) is 30.8 Å². The smallest absolute Gasteiger partial charge is 0.256 e. The molecule has 128 valence electrons. The second kappa shape index (κ2) is 7.85. The summed E-state index contributed by atoms with van der Waals surface area (Å²) in [6.45, 7) is 5.25. The fraction of sp³-hybridized carbons (Fsp3) is 0.444. The number of nitrogens with zero attached hydrogens (tertiary/aromatic N) is 2. The lowest BCUT2D eigenvalue weighted by atomic mass is 10.1. The summed E-state index contributed by atoms with van der Waals surface area (Å²) in [5.74, 6) is 0.912. The Hall–Kier alpha value is -1.79. The van der Waals surface area contributed by atoms with E-state index in [4.69, 9.17) is 4.74 Å². The van der Waals surface area contributed by atoms with Crippen LogP contribution in [-0.2, 0) is 19.5 Å². The van der Waals surface area contributed by atoms with Crippen molar-refractivity contribution in [3.8, 4) is 5.75 Å². The number of aromatic amines is 1. The third-order valence-corrected chi connectivity index (χ3v) is 4.70. The van der Waals surface area contributed by atoms with Crippen LogP contribution in [0.15, 0.2) is 34.2 Å². The molecule has 2 aromatic rings. The molecule has 3 rings (SSSR count). The molecule has 1 N–H and O–H groups in total. The maximum atomic E-state index is 12.2.